The molecule has 0 radical (unpaired) electrons. The van der Waals surface area contributed by atoms with Gasteiger partial charge >= 0.3 is 0 Å². The first-order valence-electron chi connectivity index (χ1n) is 18.7. The molecule has 2 aromatic heterocycles. The van der Waals surface area contributed by atoms with Crippen LogP contribution in [0.1, 0.15) is 27.8 Å². The van der Waals surface area contributed by atoms with E-state index in [4.69, 9.17) is 4.74 Å². The summed E-state index contributed by atoms with van der Waals surface area (Å²) in [7, 11) is 1.74. The summed E-state index contributed by atoms with van der Waals surface area (Å²) in [5.41, 5.74) is 18.6. The van der Waals surface area contributed by atoms with Crippen molar-refractivity contribution in [1.82, 2.24) is 4.40 Å². The van der Waals surface area contributed by atoms with Crippen LogP contribution >= 0.6 is 0 Å². The van der Waals surface area contributed by atoms with E-state index in [1.54, 1.807) is 7.11 Å². The summed E-state index contributed by atoms with van der Waals surface area (Å²) in [6.07, 6.45) is 0. The first-order valence-corrected chi connectivity index (χ1v) is 18.7. The van der Waals surface area contributed by atoms with Gasteiger partial charge in [-0.2, -0.15) is 0 Å². The molecule has 0 saturated carbocycles. The number of ether oxygens (including phenoxy) is 1. The summed E-state index contributed by atoms with van der Waals surface area (Å²) in [5.74, 6) is 0.827. The topological polar surface area (TPSA) is 16.9 Å². The highest BCUT2D eigenvalue weighted by Crippen LogP contribution is 2.64. The van der Waals surface area contributed by atoms with E-state index >= 15 is 0 Å². The Morgan fingerprint density at radius 2 is 1.15 bits per heavy atom. The van der Waals surface area contributed by atoms with Crippen LogP contribution < -0.4 is 9.64 Å². The van der Waals surface area contributed by atoms with E-state index in [1.165, 1.54) is 88.2 Å². The van der Waals surface area contributed by atoms with Crippen LogP contribution in [0.5, 0.6) is 5.75 Å². The van der Waals surface area contributed by atoms with Gasteiger partial charge in [0.15, 0.2) is 0 Å². The van der Waals surface area contributed by atoms with Crippen LogP contribution in [0.25, 0.3) is 60.3 Å². The number of hydrogen-bond donors (Lipinski definition) is 0. The second kappa shape index (κ2) is 10.6. The zero-order valence-corrected chi connectivity index (χ0v) is 30.0. The van der Waals surface area contributed by atoms with Crippen molar-refractivity contribution in [3.05, 3.63) is 198 Å². The Labute approximate surface area is 313 Å². The minimum atomic E-state index is -0.414. The molecule has 2 aliphatic rings. The van der Waals surface area contributed by atoms with Crippen molar-refractivity contribution in [3.63, 3.8) is 0 Å². The fourth-order valence-corrected chi connectivity index (χ4v) is 10.2. The van der Waals surface area contributed by atoms with Gasteiger partial charge in [-0.1, -0.05) is 133 Å². The lowest BCUT2D eigenvalue weighted by Gasteiger charge is -2.30. The maximum absolute atomic E-state index is 5.78. The molecule has 3 heteroatoms. The van der Waals surface area contributed by atoms with E-state index in [0.29, 0.717) is 0 Å². The molecular formula is C51H34N2O. The molecule has 0 unspecified atom stereocenters. The summed E-state index contributed by atoms with van der Waals surface area (Å²) in [4.78, 5) is 2.40. The van der Waals surface area contributed by atoms with Gasteiger partial charge in [0.2, 0.25) is 0 Å². The molecule has 0 fully saturated rings. The lowest BCUT2D eigenvalue weighted by atomic mass is 9.70. The number of hydrogen-bond acceptors (Lipinski definition) is 2. The van der Waals surface area contributed by atoms with E-state index in [1.807, 2.05) is 6.07 Å². The molecule has 12 rings (SSSR count). The molecule has 0 atom stereocenters. The van der Waals surface area contributed by atoms with Gasteiger partial charge in [-0.3, -0.25) is 0 Å². The predicted octanol–water partition coefficient (Wildman–Crippen LogP) is 13.0. The zero-order valence-electron chi connectivity index (χ0n) is 30.0. The number of benzene rings is 8. The van der Waals surface area contributed by atoms with Crippen molar-refractivity contribution in [2.24, 2.45) is 0 Å². The quantitative estimate of drug-likeness (QED) is 0.183. The molecule has 0 N–H and O–H groups in total. The van der Waals surface area contributed by atoms with Crippen molar-refractivity contribution in [2.75, 3.05) is 12.0 Å². The first kappa shape index (κ1) is 29.7. The Hall–Kier alpha value is -6.84. The van der Waals surface area contributed by atoms with Crippen molar-refractivity contribution in [3.8, 4) is 28.0 Å². The molecule has 0 amide bonds. The van der Waals surface area contributed by atoms with Crippen LogP contribution in [0.15, 0.2) is 170 Å². The van der Waals surface area contributed by atoms with E-state index in [-0.39, 0.29) is 0 Å². The third-order valence-corrected chi connectivity index (χ3v) is 12.3. The standard InChI is InChI=1S/C51H34N2O/c1-31-22-24-32(25-23-31)52(33-12-11-13-34(30-33)54-2)46-29-27-38-37-16-6-10-21-45(37)53-49(38)48(46)40-26-28-44-47(50(40)53)39-17-5-9-20-43(39)51(44)41-18-7-3-14-35(41)36-15-4-8-19-42(36)51/h3-30H,1-2H3. The van der Waals surface area contributed by atoms with Gasteiger partial charge in [-0.15, -0.1) is 0 Å². The minimum Gasteiger partial charge on any atom is -0.497 e. The molecule has 8 aromatic carbocycles. The highest BCUT2D eigenvalue weighted by molar-refractivity contribution is 6.29. The Balaban J connectivity index is 1.27. The van der Waals surface area contributed by atoms with Gasteiger partial charge in [0.05, 0.1) is 34.8 Å². The van der Waals surface area contributed by atoms with E-state index in [0.717, 1.165) is 22.8 Å². The average Bonchev–Trinajstić information content (AvgIpc) is 3.93. The summed E-state index contributed by atoms with van der Waals surface area (Å²) in [6.45, 7) is 2.15. The first-order chi connectivity index (χ1) is 26.7. The smallest absolute Gasteiger partial charge is 0.120 e. The summed E-state index contributed by atoms with van der Waals surface area (Å²) < 4.78 is 8.36. The Morgan fingerprint density at radius 1 is 0.500 bits per heavy atom. The Kier molecular flexibility index (Phi) is 5.84. The summed E-state index contributed by atoms with van der Waals surface area (Å²) in [6, 6.07) is 63.0. The fraction of sp³-hybridized carbons (Fsp3) is 0.0588. The second-order valence-electron chi connectivity index (χ2n) is 14.9. The molecule has 2 heterocycles. The van der Waals surface area contributed by atoms with Crippen LogP contribution in [-0.2, 0) is 5.41 Å². The number of fused-ring (bicyclic) bond motifs is 17. The number of rotatable bonds is 4. The molecule has 3 nitrogen and oxygen atoms in total. The number of para-hydroxylation sites is 1. The molecular weight excluding hydrogens is 657 g/mol. The second-order valence-corrected chi connectivity index (χ2v) is 14.9. The van der Waals surface area contributed by atoms with Crippen molar-refractivity contribution in [1.29, 1.82) is 0 Å². The summed E-state index contributed by atoms with van der Waals surface area (Å²) >= 11 is 0. The van der Waals surface area contributed by atoms with Gasteiger partial charge in [0.25, 0.3) is 0 Å². The number of anilines is 3. The maximum Gasteiger partial charge on any atom is 0.120 e. The molecule has 0 bridgehead atoms. The molecule has 0 saturated heterocycles. The minimum absolute atomic E-state index is 0.414. The van der Waals surface area contributed by atoms with Crippen LogP contribution in [-0.4, -0.2) is 11.5 Å². The van der Waals surface area contributed by atoms with Gasteiger partial charge in [-0.05, 0) is 82.3 Å². The third kappa shape index (κ3) is 3.57. The zero-order chi connectivity index (χ0) is 35.7. The van der Waals surface area contributed by atoms with Gasteiger partial charge < -0.3 is 14.0 Å². The molecule has 0 aliphatic heterocycles. The Bertz CT molecular complexity index is 3120. The predicted molar refractivity (Wildman–Crippen MR) is 223 cm³/mol. The number of aromatic nitrogens is 1. The number of aryl methyl sites for hydroxylation is 1. The fourth-order valence-electron chi connectivity index (χ4n) is 10.2. The highest BCUT2D eigenvalue weighted by Gasteiger charge is 2.52. The highest BCUT2D eigenvalue weighted by atomic mass is 16.5. The van der Waals surface area contributed by atoms with E-state index in [9.17, 15) is 0 Å². The van der Waals surface area contributed by atoms with Crippen LogP contribution in [0.4, 0.5) is 17.1 Å². The van der Waals surface area contributed by atoms with Gasteiger partial charge in [0, 0.05) is 44.5 Å². The monoisotopic (exact) mass is 690 g/mol. The van der Waals surface area contributed by atoms with E-state index < -0.39 is 5.41 Å². The van der Waals surface area contributed by atoms with Crippen LogP contribution in [0, 0.1) is 6.92 Å². The number of nitrogens with zero attached hydrogens (tertiary/aromatic N) is 2. The van der Waals surface area contributed by atoms with Crippen molar-refractivity contribution in [2.45, 2.75) is 12.3 Å². The maximum atomic E-state index is 5.78. The lowest BCUT2D eigenvalue weighted by Crippen LogP contribution is -2.25. The SMILES string of the molecule is COc1cccc(N(c2ccc(C)cc2)c2ccc3c4ccccc4n4c5c6c(ccc5c2c34)C2(c3ccccc3-c3ccccc32)c2ccccc2-6)c1. The van der Waals surface area contributed by atoms with Crippen LogP contribution in [0.3, 0.4) is 0 Å². The summed E-state index contributed by atoms with van der Waals surface area (Å²) in [5, 5.41) is 5.03. The van der Waals surface area contributed by atoms with Gasteiger partial charge in [0.1, 0.15) is 5.75 Å². The lowest BCUT2D eigenvalue weighted by molar-refractivity contribution is 0.415. The van der Waals surface area contributed by atoms with Crippen LogP contribution in [0.2, 0.25) is 0 Å². The normalized spacial score (nSPS) is 13.5. The molecule has 254 valence electrons. The average molecular weight is 691 g/mol. The van der Waals surface area contributed by atoms with Gasteiger partial charge in [-0.25, -0.2) is 0 Å². The molecule has 54 heavy (non-hydrogen) atoms. The largest absolute Gasteiger partial charge is 0.497 e. The van der Waals surface area contributed by atoms with Crippen molar-refractivity contribution >= 4 is 55.2 Å². The molecule has 10 aromatic rings. The Morgan fingerprint density at radius 3 is 1.89 bits per heavy atom. The van der Waals surface area contributed by atoms with E-state index in [2.05, 4.69) is 180 Å². The third-order valence-electron chi connectivity index (χ3n) is 12.3. The molecule has 1 spiro atoms. The number of methoxy groups -OCH3 is 1. The van der Waals surface area contributed by atoms with Crippen molar-refractivity contribution < 1.29 is 4.74 Å². The molecule has 2 aliphatic carbocycles.